The number of carbonyl (C=O) groups is 1. The van der Waals surface area contributed by atoms with E-state index in [2.05, 4.69) is 0 Å². The van der Waals surface area contributed by atoms with Crippen molar-refractivity contribution in [3.8, 4) is 23.0 Å². The normalized spacial score (nSPS) is 23.4. The number of benzene rings is 2. The smallest absolute Gasteiger partial charge is 0.271 e. The quantitative estimate of drug-likeness (QED) is 0.493. The van der Waals surface area contributed by atoms with Crippen LogP contribution in [-0.2, 0) is 0 Å². The summed E-state index contributed by atoms with van der Waals surface area (Å²) in [5.41, 5.74) is -0.670. The van der Waals surface area contributed by atoms with Gasteiger partial charge in [-0.25, -0.2) is 0 Å². The summed E-state index contributed by atoms with van der Waals surface area (Å²) in [7, 11) is 0. The lowest BCUT2D eigenvalue weighted by Gasteiger charge is -2.35. The van der Waals surface area contributed by atoms with Crippen molar-refractivity contribution >= 4 is 5.78 Å². The van der Waals surface area contributed by atoms with Crippen molar-refractivity contribution in [3.63, 3.8) is 0 Å². The van der Waals surface area contributed by atoms with Crippen molar-refractivity contribution in [2.24, 2.45) is 0 Å². The zero-order valence-electron chi connectivity index (χ0n) is 12.0. The van der Waals surface area contributed by atoms with E-state index in [-0.39, 0.29) is 17.1 Å². The number of phenolic OH excluding ortho intramolecular Hbond substituents is 3. The van der Waals surface area contributed by atoms with Crippen LogP contribution in [0.4, 0.5) is 0 Å². The van der Waals surface area contributed by atoms with Crippen molar-refractivity contribution in [1.82, 2.24) is 0 Å². The number of phenols is 3. The molecule has 0 fully saturated rings. The number of hydrogen-bond donors (Lipinski definition) is 5. The predicted octanol–water partition coefficient (Wildman–Crippen LogP) is 0.801. The monoisotopic (exact) mass is 305 g/mol. The number of aliphatic hydroxyl groups is 2. The van der Waals surface area contributed by atoms with Gasteiger partial charge in [-0.2, -0.15) is 0 Å². The average Bonchev–Trinajstić information content (AvgIpc) is 2.45. The Bertz CT molecular complexity index is 800. The van der Waals surface area contributed by atoms with Crippen LogP contribution >= 0.6 is 0 Å². The Kier molecular flexibility index (Phi) is 2.72. The first-order chi connectivity index (χ1) is 10.7. The van der Waals surface area contributed by atoms with E-state index in [9.17, 15) is 30.3 Å². The molecule has 0 aliphatic carbocycles. The molecule has 0 radical (unpaired) electrons. The molecule has 0 aromatic heterocycles. The van der Waals surface area contributed by atoms with Crippen LogP contribution in [-0.4, -0.2) is 37.1 Å². The van der Waals surface area contributed by atoms with Gasteiger partial charge in [0.2, 0.25) is 5.78 Å². The molecule has 3 rings (SSSR count). The van der Waals surface area contributed by atoms with E-state index < -0.39 is 34.7 Å². The molecule has 2 aromatic carbocycles. The first-order valence-electron chi connectivity index (χ1n) is 6.71. The second kappa shape index (κ2) is 4.62. The van der Waals surface area contributed by atoms with E-state index in [0.717, 1.165) is 12.1 Å². The Morgan fingerprint density at radius 3 is 2.32 bits per heavy atom. The molecule has 5 N–H and O–H groups in total. The van der Waals surface area contributed by atoms with Crippen LogP contribution in [0.2, 0.25) is 0 Å². The number of ketones is 1. The molecule has 0 bridgehead atoms. The Labute approximate surface area is 125 Å². The molecule has 1 heterocycles. The Morgan fingerprint density at radius 1 is 1.05 bits per heavy atom. The van der Waals surface area contributed by atoms with Gasteiger partial charge in [0.1, 0.15) is 28.6 Å². The van der Waals surface area contributed by atoms with Gasteiger partial charge in [0, 0.05) is 12.1 Å². The van der Waals surface area contributed by atoms with Gasteiger partial charge in [0.15, 0.2) is 6.08 Å². The summed E-state index contributed by atoms with van der Waals surface area (Å²) in [6.07, 6.45) is -2.66. The average molecular weight is 305 g/mol. The molecule has 7 nitrogen and oxygen atoms in total. The number of aromatic hydroxyl groups is 3. The van der Waals surface area contributed by atoms with Crippen LogP contribution in [0.5, 0.6) is 23.0 Å². The summed E-state index contributed by atoms with van der Waals surface area (Å²) in [4.78, 5) is 12.3. The third kappa shape index (κ3) is 2.03. The molecule has 0 spiro atoms. The van der Waals surface area contributed by atoms with Gasteiger partial charge < -0.3 is 30.3 Å². The lowest BCUT2D eigenvalue weighted by molar-refractivity contribution is -0.186. The van der Waals surface area contributed by atoms with Crippen molar-refractivity contribution in [3.05, 3.63) is 47.5 Å². The third-order valence-electron chi connectivity index (χ3n) is 3.27. The summed E-state index contributed by atoms with van der Waals surface area (Å²) in [5.74, 6) is -6.27. The van der Waals surface area contributed by atoms with Crippen LogP contribution in [0, 0.1) is 0 Å². The molecule has 22 heavy (non-hydrogen) atoms. The van der Waals surface area contributed by atoms with E-state index in [1.165, 1.54) is 24.3 Å². The maximum atomic E-state index is 12.3. The van der Waals surface area contributed by atoms with Gasteiger partial charge in [0.05, 0.1) is 1.37 Å². The summed E-state index contributed by atoms with van der Waals surface area (Å²) >= 11 is 0. The highest BCUT2D eigenvalue weighted by atomic mass is 16.6. The van der Waals surface area contributed by atoms with Crippen LogP contribution in [0.1, 0.15) is 23.4 Å². The highest BCUT2D eigenvalue weighted by molar-refractivity contribution is 6.07. The maximum Gasteiger partial charge on any atom is 0.271 e. The van der Waals surface area contributed by atoms with Gasteiger partial charge in [-0.1, -0.05) is 12.1 Å². The molecular formula is C15H12O7. The largest absolute Gasteiger partial charge is 0.508 e. The fraction of sp³-hybridized carbons (Fsp3) is 0.133. The highest BCUT2D eigenvalue weighted by Crippen LogP contribution is 2.45. The zero-order valence-corrected chi connectivity index (χ0v) is 11.0. The predicted molar refractivity (Wildman–Crippen MR) is 72.7 cm³/mol. The Hall–Kier alpha value is -2.77. The van der Waals surface area contributed by atoms with Crippen LogP contribution in [0.3, 0.4) is 0 Å². The van der Waals surface area contributed by atoms with E-state index in [1.54, 1.807) is 0 Å². The summed E-state index contributed by atoms with van der Waals surface area (Å²) in [6, 6.07) is 6.56. The van der Waals surface area contributed by atoms with E-state index in [1.807, 2.05) is 0 Å². The fourth-order valence-electron chi connectivity index (χ4n) is 2.23. The summed E-state index contributed by atoms with van der Waals surface area (Å²) in [5, 5.41) is 48.9. The number of hydrogen-bond acceptors (Lipinski definition) is 7. The molecule has 2 aromatic rings. The third-order valence-corrected chi connectivity index (χ3v) is 3.27. The number of Topliss-reactive ketones (excluding diaryl/α,β-unsaturated/α-hetero) is 1. The number of rotatable bonds is 1. The molecule has 1 atom stereocenters. The van der Waals surface area contributed by atoms with E-state index in [4.69, 9.17) is 6.11 Å². The molecule has 0 unspecified atom stereocenters. The molecule has 1 aliphatic rings. The Balaban J connectivity index is 2.23. The zero-order chi connectivity index (χ0) is 17.0. The number of carbonyl (C=O) groups excluding carboxylic acids is 1. The summed E-state index contributed by atoms with van der Waals surface area (Å²) < 4.78 is 13.5. The minimum absolute atomic E-state index is 0.123. The Morgan fingerprint density at radius 2 is 1.68 bits per heavy atom. The van der Waals surface area contributed by atoms with Crippen molar-refractivity contribution in [1.29, 1.82) is 0 Å². The van der Waals surface area contributed by atoms with Gasteiger partial charge in [-0.05, 0) is 17.7 Å². The van der Waals surface area contributed by atoms with Gasteiger partial charge in [0.25, 0.3) is 5.79 Å². The maximum absolute atomic E-state index is 12.3. The molecule has 0 amide bonds. The molecule has 1 aliphatic heterocycles. The van der Waals surface area contributed by atoms with Crippen molar-refractivity contribution in [2.45, 2.75) is 11.9 Å². The standard InChI is InChI=1S/C15H12O7/c16-8-3-1-7(2-4-8)14-15(20,21)13(19)12-10(18)5-9(17)6-11(12)22-14/h1-6,14,16-18,20-21H/t14-/m1/s1/i14D. The summed E-state index contributed by atoms with van der Waals surface area (Å²) in [6.45, 7) is 0. The van der Waals surface area contributed by atoms with Gasteiger partial charge in [-0.3, -0.25) is 4.79 Å². The SMILES string of the molecule is [2H][C@]1(c2ccc(O)cc2)Oc2cc(O)cc(O)c2C(=O)C1(O)O. The number of ether oxygens (including phenoxy) is 1. The highest BCUT2D eigenvalue weighted by Gasteiger charge is 2.51. The first kappa shape index (κ1) is 12.9. The van der Waals surface area contributed by atoms with Crippen molar-refractivity contribution in [2.75, 3.05) is 0 Å². The van der Waals surface area contributed by atoms with E-state index >= 15 is 0 Å². The molecule has 7 heteroatoms. The first-order valence-corrected chi connectivity index (χ1v) is 6.21. The molecule has 114 valence electrons. The van der Waals surface area contributed by atoms with Crippen molar-refractivity contribution < 1.29 is 36.4 Å². The molecule has 0 saturated carbocycles. The van der Waals surface area contributed by atoms with E-state index in [0.29, 0.717) is 0 Å². The topological polar surface area (TPSA) is 127 Å². The lowest BCUT2D eigenvalue weighted by atomic mass is 9.90. The minimum Gasteiger partial charge on any atom is -0.508 e. The second-order valence-electron chi connectivity index (χ2n) is 4.82. The van der Waals surface area contributed by atoms with Crippen LogP contribution in [0.25, 0.3) is 0 Å². The fourth-order valence-corrected chi connectivity index (χ4v) is 2.23. The minimum atomic E-state index is -3.30. The van der Waals surface area contributed by atoms with Gasteiger partial charge >= 0.3 is 0 Å². The number of fused-ring (bicyclic) bond motifs is 1. The van der Waals surface area contributed by atoms with Crippen LogP contribution in [0.15, 0.2) is 36.4 Å². The molecule has 0 saturated heterocycles. The lowest BCUT2D eigenvalue weighted by Crippen LogP contribution is -2.49. The van der Waals surface area contributed by atoms with Crippen LogP contribution < -0.4 is 4.74 Å². The molecular weight excluding hydrogens is 292 g/mol. The van der Waals surface area contributed by atoms with Gasteiger partial charge in [-0.15, -0.1) is 0 Å². The second-order valence-corrected chi connectivity index (χ2v) is 4.82.